The molecule has 2 aromatic rings. The van der Waals surface area contributed by atoms with Crippen molar-refractivity contribution in [3.05, 3.63) is 41.3 Å². The zero-order chi connectivity index (χ0) is 12.4. The summed E-state index contributed by atoms with van der Waals surface area (Å²) in [6.07, 6.45) is 1.64. The van der Waals surface area contributed by atoms with Gasteiger partial charge in [0, 0.05) is 11.6 Å². The van der Waals surface area contributed by atoms with Gasteiger partial charge in [0.1, 0.15) is 11.3 Å². The van der Waals surface area contributed by atoms with Gasteiger partial charge in [-0.1, -0.05) is 0 Å². The minimum atomic E-state index is -0.412. The van der Waals surface area contributed by atoms with Crippen LogP contribution < -0.4 is 0 Å². The third-order valence-electron chi connectivity index (χ3n) is 2.65. The molecular weight excluding hydrogens is 221 g/mol. The van der Waals surface area contributed by atoms with Crippen LogP contribution in [0.25, 0.3) is 10.9 Å². The van der Waals surface area contributed by atoms with Crippen molar-refractivity contribution in [1.82, 2.24) is 4.98 Å². The number of fused-ring (bicyclic) bond motifs is 1. The Bertz CT molecular complexity index is 581. The van der Waals surface area contributed by atoms with E-state index in [4.69, 9.17) is 0 Å². The lowest BCUT2D eigenvalue weighted by molar-refractivity contribution is -0.139. The SMILES string of the molecule is COC(=O)Cc1cc(F)c2nccc(C)c2c1. The van der Waals surface area contributed by atoms with E-state index in [1.165, 1.54) is 13.2 Å². The van der Waals surface area contributed by atoms with Gasteiger partial charge in [-0.3, -0.25) is 9.78 Å². The number of ether oxygens (including phenoxy) is 1. The van der Waals surface area contributed by atoms with E-state index in [1.54, 1.807) is 12.3 Å². The average Bonchev–Trinajstić information content (AvgIpc) is 2.30. The second kappa shape index (κ2) is 4.49. The maximum Gasteiger partial charge on any atom is 0.309 e. The predicted molar refractivity (Wildman–Crippen MR) is 62.2 cm³/mol. The van der Waals surface area contributed by atoms with Gasteiger partial charge in [-0.2, -0.15) is 0 Å². The van der Waals surface area contributed by atoms with E-state index in [0.717, 1.165) is 10.9 Å². The normalized spacial score (nSPS) is 10.5. The molecule has 0 fully saturated rings. The summed E-state index contributed by atoms with van der Waals surface area (Å²) in [5, 5.41) is 0.728. The summed E-state index contributed by atoms with van der Waals surface area (Å²) in [5.41, 5.74) is 1.86. The maximum absolute atomic E-state index is 13.8. The number of pyridine rings is 1. The zero-order valence-corrected chi connectivity index (χ0v) is 9.66. The Hall–Kier alpha value is -1.97. The first kappa shape index (κ1) is 11.5. The molecule has 0 saturated heterocycles. The van der Waals surface area contributed by atoms with E-state index in [-0.39, 0.29) is 12.4 Å². The fourth-order valence-corrected chi connectivity index (χ4v) is 1.74. The number of methoxy groups -OCH3 is 1. The predicted octanol–water partition coefficient (Wildman–Crippen LogP) is 2.40. The van der Waals surface area contributed by atoms with E-state index >= 15 is 0 Å². The highest BCUT2D eigenvalue weighted by molar-refractivity contribution is 5.84. The molecule has 0 radical (unpaired) electrons. The number of carbonyl (C=O) groups excluding carboxylic acids is 1. The third kappa shape index (κ3) is 2.25. The highest BCUT2D eigenvalue weighted by Gasteiger charge is 2.09. The Labute approximate surface area is 98.2 Å². The number of halogens is 1. The third-order valence-corrected chi connectivity index (χ3v) is 2.65. The minimum Gasteiger partial charge on any atom is -0.469 e. The Morgan fingerprint density at radius 1 is 1.47 bits per heavy atom. The first-order chi connectivity index (χ1) is 8.11. The minimum absolute atomic E-state index is 0.0672. The monoisotopic (exact) mass is 233 g/mol. The molecule has 2 rings (SSSR count). The van der Waals surface area contributed by atoms with Gasteiger partial charge >= 0.3 is 5.97 Å². The molecule has 17 heavy (non-hydrogen) atoms. The molecule has 0 amide bonds. The van der Waals surface area contributed by atoms with Gasteiger partial charge in [0.05, 0.1) is 13.5 Å². The Morgan fingerprint density at radius 2 is 2.24 bits per heavy atom. The van der Waals surface area contributed by atoms with Gasteiger partial charge in [0.2, 0.25) is 0 Å². The lowest BCUT2D eigenvalue weighted by atomic mass is 10.0. The number of nitrogens with zero attached hydrogens (tertiary/aromatic N) is 1. The lowest BCUT2D eigenvalue weighted by Gasteiger charge is -2.06. The molecule has 0 aliphatic rings. The van der Waals surface area contributed by atoms with Gasteiger partial charge in [0.15, 0.2) is 0 Å². The summed E-state index contributed by atoms with van der Waals surface area (Å²) >= 11 is 0. The summed E-state index contributed by atoms with van der Waals surface area (Å²) in [6, 6.07) is 4.91. The number of rotatable bonds is 2. The molecule has 0 saturated carbocycles. The van der Waals surface area contributed by atoms with Crippen molar-refractivity contribution in [3.8, 4) is 0 Å². The van der Waals surface area contributed by atoms with Crippen LogP contribution in [0.1, 0.15) is 11.1 Å². The van der Waals surface area contributed by atoms with Crippen molar-refractivity contribution >= 4 is 16.9 Å². The number of hydrogen-bond acceptors (Lipinski definition) is 3. The molecule has 0 atom stereocenters. The molecule has 88 valence electrons. The molecule has 0 bridgehead atoms. The lowest BCUT2D eigenvalue weighted by Crippen LogP contribution is -2.05. The van der Waals surface area contributed by atoms with Crippen molar-refractivity contribution in [2.45, 2.75) is 13.3 Å². The van der Waals surface area contributed by atoms with Crippen molar-refractivity contribution in [2.75, 3.05) is 7.11 Å². The molecule has 0 spiro atoms. The Morgan fingerprint density at radius 3 is 2.94 bits per heavy atom. The van der Waals surface area contributed by atoms with E-state index in [9.17, 15) is 9.18 Å². The summed E-state index contributed by atoms with van der Waals surface area (Å²) in [5.74, 6) is -0.796. The molecule has 0 aliphatic heterocycles. The van der Waals surface area contributed by atoms with Crippen LogP contribution in [0, 0.1) is 12.7 Å². The molecule has 4 heteroatoms. The van der Waals surface area contributed by atoms with Crippen molar-refractivity contribution in [3.63, 3.8) is 0 Å². The number of aryl methyl sites for hydroxylation is 1. The second-order valence-corrected chi connectivity index (χ2v) is 3.85. The topological polar surface area (TPSA) is 39.2 Å². The first-order valence-corrected chi connectivity index (χ1v) is 5.22. The van der Waals surface area contributed by atoms with Crippen LogP contribution in [0.15, 0.2) is 24.4 Å². The number of hydrogen-bond donors (Lipinski definition) is 0. The van der Waals surface area contributed by atoms with Crippen molar-refractivity contribution in [2.24, 2.45) is 0 Å². The molecule has 0 unspecified atom stereocenters. The van der Waals surface area contributed by atoms with Crippen molar-refractivity contribution < 1.29 is 13.9 Å². The van der Waals surface area contributed by atoms with Crippen LogP contribution in [-0.4, -0.2) is 18.1 Å². The van der Waals surface area contributed by atoms with Crippen LogP contribution in [0.4, 0.5) is 4.39 Å². The van der Waals surface area contributed by atoms with Crippen LogP contribution in [0.3, 0.4) is 0 Å². The largest absolute Gasteiger partial charge is 0.469 e. The highest BCUT2D eigenvalue weighted by atomic mass is 19.1. The molecule has 0 N–H and O–H groups in total. The highest BCUT2D eigenvalue weighted by Crippen LogP contribution is 2.21. The summed E-state index contributed by atoms with van der Waals surface area (Å²) in [6.45, 7) is 1.88. The summed E-state index contributed by atoms with van der Waals surface area (Å²) in [7, 11) is 1.31. The van der Waals surface area contributed by atoms with E-state index < -0.39 is 5.82 Å². The maximum atomic E-state index is 13.8. The summed E-state index contributed by atoms with van der Waals surface area (Å²) < 4.78 is 18.3. The van der Waals surface area contributed by atoms with Gasteiger partial charge in [0.25, 0.3) is 0 Å². The van der Waals surface area contributed by atoms with Crippen LogP contribution in [0.2, 0.25) is 0 Å². The quantitative estimate of drug-likeness (QED) is 0.748. The second-order valence-electron chi connectivity index (χ2n) is 3.85. The standard InChI is InChI=1S/C13H12FNO2/c1-8-3-4-15-13-10(8)5-9(6-11(13)14)7-12(16)17-2/h3-6H,7H2,1-2H3. The van der Waals surface area contributed by atoms with Gasteiger partial charge in [-0.05, 0) is 36.2 Å². The number of esters is 1. The van der Waals surface area contributed by atoms with E-state index in [1.807, 2.05) is 13.0 Å². The van der Waals surface area contributed by atoms with Crippen LogP contribution in [0.5, 0.6) is 0 Å². The smallest absolute Gasteiger partial charge is 0.309 e. The summed E-state index contributed by atoms with van der Waals surface area (Å²) in [4.78, 5) is 15.1. The van der Waals surface area contributed by atoms with Gasteiger partial charge in [-0.15, -0.1) is 0 Å². The number of aromatic nitrogens is 1. The Balaban J connectivity index is 2.54. The Kier molecular flexibility index (Phi) is 3.04. The van der Waals surface area contributed by atoms with E-state index in [2.05, 4.69) is 9.72 Å². The fraction of sp³-hybridized carbons (Fsp3) is 0.231. The number of benzene rings is 1. The van der Waals surface area contributed by atoms with Gasteiger partial charge < -0.3 is 4.74 Å². The van der Waals surface area contributed by atoms with Gasteiger partial charge in [-0.25, -0.2) is 4.39 Å². The van der Waals surface area contributed by atoms with Crippen LogP contribution >= 0.6 is 0 Å². The molecule has 1 aromatic heterocycles. The molecule has 3 nitrogen and oxygen atoms in total. The van der Waals surface area contributed by atoms with Crippen molar-refractivity contribution in [1.29, 1.82) is 0 Å². The molecule has 0 aliphatic carbocycles. The van der Waals surface area contributed by atoms with Crippen LogP contribution in [-0.2, 0) is 16.0 Å². The number of carbonyl (C=O) groups is 1. The fourth-order valence-electron chi connectivity index (χ4n) is 1.74. The zero-order valence-electron chi connectivity index (χ0n) is 9.66. The molecule has 1 heterocycles. The molecular formula is C13H12FNO2. The first-order valence-electron chi connectivity index (χ1n) is 5.22. The molecule has 1 aromatic carbocycles. The average molecular weight is 233 g/mol. The van der Waals surface area contributed by atoms with E-state index in [0.29, 0.717) is 11.1 Å².